The number of carbonyl (C=O) groups excluding carboxylic acids is 11. The van der Waals surface area contributed by atoms with Crippen LogP contribution in [0.5, 0.6) is 0 Å². The fourth-order valence-corrected chi connectivity index (χ4v) is 11.8. The van der Waals surface area contributed by atoms with Gasteiger partial charge in [-0.2, -0.15) is 0 Å². The van der Waals surface area contributed by atoms with E-state index in [1.165, 1.54) is 56.9 Å². The van der Waals surface area contributed by atoms with Crippen molar-refractivity contribution in [2.75, 3.05) is 68.5 Å². The van der Waals surface area contributed by atoms with Gasteiger partial charge in [0.1, 0.15) is 36.5 Å². The van der Waals surface area contributed by atoms with E-state index < -0.39 is 126 Å². The van der Waals surface area contributed by atoms with Gasteiger partial charge in [-0.05, 0) is 113 Å². The lowest BCUT2D eigenvalue weighted by Gasteiger charge is -2.40. The van der Waals surface area contributed by atoms with E-state index in [0.717, 1.165) is 45.1 Å². The van der Waals surface area contributed by atoms with Gasteiger partial charge in [0.2, 0.25) is 47.3 Å². The minimum Gasteiger partial charge on any atom is -0.391 e. The molecule has 6 N–H and O–H groups in total. The molecule has 0 saturated carbocycles. The minimum atomic E-state index is -1.62. The summed E-state index contributed by atoms with van der Waals surface area (Å²) in [5.41, 5.74) is 7.84. The Morgan fingerprint density at radius 2 is 1.06 bits per heavy atom. The molecule has 520 valence electrons. The van der Waals surface area contributed by atoms with Crippen LogP contribution in [0.1, 0.15) is 145 Å². The van der Waals surface area contributed by atoms with Gasteiger partial charge in [0.15, 0.2) is 6.04 Å². The number of amides is 11. The van der Waals surface area contributed by atoms with Gasteiger partial charge in [0.05, 0.1) is 30.9 Å². The first-order chi connectivity index (χ1) is 43.7. The highest BCUT2D eigenvalue weighted by Crippen LogP contribution is 2.23. The average Bonchev–Trinajstić information content (AvgIpc) is 0.859. The number of imide groups is 1. The van der Waals surface area contributed by atoms with Crippen molar-refractivity contribution in [3.63, 3.8) is 0 Å². The molecular formula is C69H112N12O12. The number of nitrogens with zero attached hydrogens (tertiary/aromatic N) is 8. The topological polar surface area (TPSA) is 296 Å². The van der Waals surface area contributed by atoms with Crippen molar-refractivity contribution < 1.29 is 57.8 Å². The molecule has 10 atom stereocenters. The number of hydrogen-bond donors (Lipinski definition) is 5. The molecule has 1 saturated heterocycles. The Labute approximate surface area is 553 Å². The lowest BCUT2D eigenvalue weighted by atomic mass is 9.96. The number of likely N-dealkylation sites (tertiary alicyclic amines) is 1. The molecule has 24 heteroatoms. The average molecular weight is 1300 g/mol. The molecule has 2 aromatic rings. The maximum absolute atomic E-state index is 15.3. The number of aliphatic hydroxyl groups excluding tert-OH is 1. The zero-order valence-corrected chi connectivity index (χ0v) is 58.6. The lowest BCUT2D eigenvalue weighted by Crippen LogP contribution is -2.62. The van der Waals surface area contributed by atoms with Crippen LogP contribution in [0.4, 0.5) is 4.79 Å². The molecule has 0 spiro atoms. The third kappa shape index (κ3) is 23.9. The maximum Gasteiger partial charge on any atom is 0.326 e. The van der Waals surface area contributed by atoms with Crippen LogP contribution in [0.15, 0.2) is 60.7 Å². The summed E-state index contributed by atoms with van der Waals surface area (Å²) >= 11 is 0. The van der Waals surface area contributed by atoms with Gasteiger partial charge in [-0.3, -0.25) is 53.0 Å². The van der Waals surface area contributed by atoms with Crippen LogP contribution >= 0.6 is 0 Å². The second-order valence-electron chi connectivity index (χ2n) is 26.8. The van der Waals surface area contributed by atoms with E-state index in [0.29, 0.717) is 32.2 Å². The van der Waals surface area contributed by atoms with E-state index >= 15 is 14.4 Å². The fourth-order valence-electron chi connectivity index (χ4n) is 11.8. The molecule has 0 aliphatic carbocycles. The van der Waals surface area contributed by atoms with Crippen LogP contribution in [-0.2, 0) is 60.8 Å². The molecule has 1 fully saturated rings. The van der Waals surface area contributed by atoms with Gasteiger partial charge in [-0.25, -0.2) is 4.79 Å². The molecule has 0 aromatic heterocycles. The second kappa shape index (κ2) is 38.8. The monoisotopic (exact) mass is 1300 g/mol. The quantitative estimate of drug-likeness (QED) is 0.0361. The SMILES string of the molecule is CCC(NC(=O)[C@H](Cc1ccccc1)N(C)C(=O)[C@H](CC(C)C)N(C)C(=O)[C@H](CC(C)C)NC(=O)[C@H](CC)N(C)C(=O)[C@H](N)C(=O)N1CCCCC1)N(C)[C@@H](CC(C)C)C(=O)N(CCc1ccccc1)CC(=O)NC(C(=O)N(C)C(=O)N(C)[C@H](C=O)CC(C)C)[C@@H](C)O. The summed E-state index contributed by atoms with van der Waals surface area (Å²) in [6.07, 6.45) is 2.62. The molecule has 0 radical (unpaired) electrons. The largest absolute Gasteiger partial charge is 0.391 e. The van der Waals surface area contributed by atoms with Crippen molar-refractivity contribution in [2.45, 2.75) is 207 Å². The predicted molar refractivity (Wildman–Crippen MR) is 358 cm³/mol. The number of nitrogens with two attached hydrogens (primary N) is 1. The number of nitrogens with one attached hydrogen (secondary N) is 3. The first-order valence-corrected chi connectivity index (χ1v) is 33.2. The standard InChI is InChI=1S/C69H112N12O12/c1-18-53(76(14)66(90)59(70)67(91)80-34-27-22-28-35-80)61(85)71-52(38-45(5)6)63(87)78(16)55(39-46(7)8)64(88)77(15)54(41-50-31-25-21-26-32-50)62(86)72-57(19-2)75(13)56(40-47(9)10)65(89)81(36-33-49-29-23-20-24-30-49)42-58(84)73-60(48(11)83)68(92)79(17)69(93)74(12)51(43-82)37-44(3)4/h20-21,23-26,29-32,43-48,51-57,59-60,83H,18-19,22,27-28,33-42,70H2,1-17H3,(H,71,85)(H,72,86)(H,73,84)/t48-,51+,52+,53+,54+,55+,56+,57?,59+,60?/m1/s1. The highest BCUT2D eigenvalue weighted by molar-refractivity contribution is 6.05. The number of aliphatic hydroxyl groups is 1. The molecule has 93 heavy (non-hydrogen) atoms. The summed E-state index contributed by atoms with van der Waals surface area (Å²) in [6.45, 7) is 20.5. The molecule has 11 amide bonds. The Morgan fingerprint density at radius 3 is 1.57 bits per heavy atom. The summed E-state index contributed by atoms with van der Waals surface area (Å²) in [6, 6.07) is 8.19. The Hall–Kier alpha value is -7.31. The number of carbonyl (C=O) groups is 11. The molecule has 2 aromatic carbocycles. The van der Waals surface area contributed by atoms with Gasteiger partial charge < -0.3 is 61.0 Å². The molecule has 0 bridgehead atoms. The van der Waals surface area contributed by atoms with Gasteiger partial charge in [0.25, 0.3) is 5.91 Å². The van der Waals surface area contributed by atoms with Crippen LogP contribution in [-0.4, -0.2) is 239 Å². The second-order valence-corrected chi connectivity index (χ2v) is 26.8. The summed E-state index contributed by atoms with van der Waals surface area (Å²) < 4.78 is 0. The van der Waals surface area contributed by atoms with Crippen LogP contribution in [0.2, 0.25) is 0 Å². The van der Waals surface area contributed by atoms with Crippen LogP contribution < -0.4 is 21.7 Å². The zero-order valence-electron chi connectivity index (χ0n) is 58.6. The Morgan fingerprint density at radius 1 is 0.559 bits per heavy atom. The van der Waals surface area contributed by atoms with Gasteiger partial charge in [-0.1, -0.05) is 130 Å². The van der Waals surface area contributed by atoms with E-state index in [4.69, 9.17) is 5.73 Å². The molecule has 24 nitrogen and oxygen atoms in total. The highest BCUT2D eigenvalue weighted by Gasteiger charge is 2.42. The van der Waals surface area contributed by atoms with E-state index in [2.05, 4.69) is 16.0 Å². The maximum atomic E-state index is 15.3. The van der Waals surface area contributed by atoms with Crippen molar-refractivity contribution >= 4 is 65.5 Å². The van der Waals surface area contributed by atoms with Crippen molar-refractivity contribution in [3.05, 3.63) is 71.8 Å². The van der Waals surface area contributed by atoms with E-state index in [1.54, 1.807) is 23.8 Å². The predicted octanol–water partition coefficient (Wildman–Crippen LogP) is 4.30. The Bertz CT molecular complexity index is 2760. The van der Waals surface area contributed by atoms with Crippen molar-refractivity contribution in [3.8, 4) is 0 Å². The lowest BCUT2D eigenvalue weighted by molar-refractivity contribution is -0.150. The number of hydrogen-bond acceptors (Lipinski definition) is 14. The van der Waals surface area contributed by atoms with Crippen molar-refractivity contribution in [2.24, 2.45) is 29.4 Å². The summed E-state index contributed by atoms with van der Waals surface area (Å²) in [7, 11) is 8.72. The van der Waals surface area contributed by atoms with Gasteiger partial charge in [0, 0.05) is 61.3 Å². The minimum absolute atomic E-state index is 0.0431. The van der Waals surface area contributed by atoms with E-state index in [1.807, 2.05) is 123 Å². The van der Waals surface area contributed by atoms with Gasteiger partial charge >= 0.3 is 6.03 Å². The summed E-state index contributed by atoms with van der Waals surface area (Å²) in [5, 5.41) is 19.5. The van der Waals surface area contributed by atoms with Crippen LogP contribution in [0.3, 0.4) is 0 Å². The van der Waals surface area contributed by atoms with E-state index in [9.17, 15) is 43.5 Å². The number of piperidine rings is 1. The van der Waals surface area contributed by atoms with Crippen molar-refractivity contribution in [1.29, 1.82) is 0 Å². The number of likely N-dealkylation sites (N-methyl/N-ethyl adjacent to an activating group) is 6. The van der Waals surface area contributed by atoms with Gasteiger partial charge in [-0.15, -0.1) is 0 Å². The zero-order chi connectivity index (χ0) is 70.1. The van der Waals surface area contributed by atoms with E-state index in [-0.39, 0.29) is 68.7 Å². The number of urea groups is 1. The van der Waals surface area contributed by atoms with Crippen LogP contribution in [0, 0.1) is 23.7 Å². The highest BCUT2D eigenvalue weighted by atomic mass is 16.3. The first kappa shape index (κ1) is 79.9. The normalized spacial score (nSPS) is 15.8. The summed E-state index contributed by atoms with van der Waals surface area (Å²) in [4.78, 5) is 166. The third-order valence-corrected chi connectivity index (χ3v) is 17.4. The fraction of sp³-hybridized carbons (Fsp3) is 0.667. The smallest absolute Gasteiger partial charge is 0.326 e. The first-order valence-electron chi connectivity index (χ1n) is 33.2. The molecule has 1 aliphatic heterocycles. The summed E-state index contributed by atoms with van der Waals surface area (Å²) in [5.74, 6) is -6.05. The Balaban J connectivity index is 2.02. The molecule has 2 unspecified atom stereocenters. The molecule has 1 heterocycles. The van der Waals surface area contributed by atoms with Crippen LogP contribution in [0.25, 0.3) is 0 Å². The number of benzene rings is 2. The molecule has 1 aliphatic rings. The number of rotatable bonds is 36. The van der Waals surface area contributed by atoms with Crippen molar-refractivity contribution in [1.82, 2.24) is 55.1 Å². The Kier molecular flexibility index (Phi) is 33.3. The molecular weight excluding hydrogens is 1190 g/mol. The number of aldehydes is 1. The third-order valence-electron chi connectivity index (χ3n) is 17.4. The molecule has 3 rings (SSSR count).